The SMILES string of the molecule is O=C(O)c1c(NCc2ccccc2)ncnc1SCc1ccccc1. The van der Waals surface area contributed by atoms with Crippen LogP contribution in [0.5, 0.6) is 0 Å². The Kier molecular flexibility index (Phi) is 5.64. The van der Waals surface area contributed by atoms with Gasteiger partial charge >= 0.3 is 5.97 Å². The second kappa shape index (κ2) is 8.30. The maximum atomic E-state index is 11.7. The summed E-state index contributed by atoms with van der Waals surface area (Å²) in [5.41, 5.74) is 2.27. The number of benzene rings is 2. The van der Waals surface area contributed by atoms with E-state index in [4.69, 9.17) is 0 Å². The number of thioether (sulfide) groups is 1. The van der Waals surface area contributed by atoms with Gasteiger partial charge in [-0.05, 0) is 11.1 Å². The smallest absolute Gasteiger partial charge is 0.342 e. The Morgan fingerprint density at radius 2 is 1.60 bits per heavy atom. The highest BCUT2D eigenvalue weighted by Crippen LogP contribution is 2.28. The van der Waals surface area contributed by atoms with E-state index in [0.717, 1.165) is 11.1 Å². The molecule has 3 rings (SSSR count). The quantitative estimate of drug-likeness (QED) is 0.493. The normalized spacial score (nSPS) is 10.4. The number of carbonyl (C=O) groups is 1. The first-order valence-electron chi connectivity index (χ1n) is 7.77. The molecule has 0 saturated heterocycles. The number of aromatic nitrogens is 2. The minimum atomic E-state index is -1.04. The molecule has 0 atom stereocenters. The lowest BCUT2D eigenvalue weighted by atomic mass is 10.2. The molecule has 5 nitrogen and oxygen atoms in total. The van der Waals surface area contributed by atoms with Gasteiger partial charge in [0.2, 0.25) is 0 Å². The van der Waals surface area contributed by atoms with Crippen LogP contribution in [0.2, 0.25) is 0 Å². The van der Waals surface area contributed by atoms with Gasteiger partial charge in [-0.3, -0.25) is 0 Å². The lowest BCUT2D eigenvalue weighted by Gasteiger charge is -2.11. The predicted octanol–water partition coefficient (Wildman–Crippen LogP) is 4.08. The summed E-state index contributed by atoms with van der Waals surface area (Å²) in [6, 6.07) is 19.6. The molecule has 2 aromatic carbocycles. The van der Waals surface area contributed by atoms with Gasteiger partial charge in [0.25, 0.3) is 0 Å². The number of aromatic carboxylic acids is 1. The highest BCUT2D eigenvalue weighted by atomic mass is 32.2. The Morgan fingerprint density at radius 1 is 0.960 bits per heavy atom. The van der Waals surface area contributed by atoms with Crippen molar-refractivity contribution >= 4 is 23.5 Å². The summed E-state index contributed by atoms with van der Waals surface area (Å²) in [5, 5.41) is 13.2. The fourth-order valence-electron chi connectivity index (χ4n) is 2.31. The molecule has 3 aromatic rings. The Morgan fingerprint density at radius 3 is 2.24 bits per heavy atom. The molecule has 0 bridgehead atoms. The molecule has 0 aliphatic carbocycles. The van der Waals surface area contributed by atoms with Crippen molar-refractivity contribution in [2.24, 2.45) is 0 Å². The third-order valence-corrected chi connectivity index (χ3v) is 4.61. The van der Waals surface area contributed by atoms with Gasteiger partial charge in [0, 0.05) is 12.3 Å². The molecule has 0 radical (unpaired) electrons. The number of hydrogen-bond acceptors (Lipinski definition) is 5. The molecule has 0 aliphatic rings. The first-order valence-corrected chi connectivity index (χ1v) is 8.75. The van der Waals surface area contributed by atoms with Crippen molar-refractivity contribution in [3.05, 3.63) is 83.7 Å². The van der Waals surface area contributed by atoms with Crippen LogP contribution in [-0.4, -0.2) is 21.0 Å². The van der Waals surface area contributed by atoms with Gasteiger partial charge < -0.3 is 10.4 Å². The van der Waals surface area contributed by atoms with Crippen molar-refractivity contribution in [1.82, 2.24) is 9.97 Å². The lowest BCUT2D eigenvalue weighted by molar-refractivity contribution is 0.0693. The molecule has 0 amide bonds. The molecule has 6 heteroatoms. The predicted molar refractivity (Wildman–Crippen MR) is 98.8 cm³/mol. The van der Waals surface area contributed by atoms with Crippen molar-refractivity contribution < 1.29 is 9.90 Å². The number of anilines is 1. The molecule has 0 fully saturated rings. The van der Waals surface area contributed by atoms with E-state index in [-0.39, 0.29) is 5.56 Å². The average Bonchev–Trinajstić information content (AvgIpc) is 2.66. The van der Waals surface area contributed by atoms with Crippen LogP contribution in [0.4, 0.5) is 5.82 Å². The summed E-state index contributed by atoms with van der Waals surface area (Å²) >= 11 is 1.39. The largest absolute Gasteiger partial charge is 0.477 e. The summed E-state index contributed by atoms with van der Waals surface area (Å²) < 4.78 is 0. The summed E-state index contributed by atoms with van der Waals surface area (Å²) in [4.78, 5) is 20.0. The summed E-state index contributed by atoms with van der Waals surface area (Å²) in [6.45, 7) is 0.501. The summed E-state index contributed by atoms with van der Waals surface area (Å²) in [7, 11) is 0. The molecule has 0 aliphatic heterocycles. The average molecular weight is 351 g/mol. The Labute approximate surface area is 150 Å². The second-order valence-electron chi connectivity index (χ2n) is 5.32. The van der Waals surface area contributed by atoms with Crippen LogP contribution in [0.15, 0.2) is 72.0 Å². The van der Waals surface area contributed by atoms with Crippen molar-refractivity contribution in [3.8, 4) is 0 Å². The number of nitrogens with zero attached hydrogens (tertiary/aromatic N) is 2. The van der Waals surface area contributed by atoms with Crippen LogP contribution < -0.4 is 5.32 Å². The summed E-state index contributed by atoms with van der Waals surface area (Å²) in [5.74, 6) is -0.0513. The fourth-order valence-corrected chi connectivity index (χ4v) is 3.26. The Balaban J connectivity index is 1.78. The van der Waals surface area contributed by atoms with E-state index in [0.29, 0.717) is 23.1 Å². The van der Waals surface area contributed by atoms with Crippen LogP contribution >= 0.6 is 11.8 Å². The third kappa shape index (κ3) is 4.58. The monoisotopic (exact) mass is 351 g/mol. The van der Waals surface area contributed by atoms with Crippen molar-refractivity contribution in [1.29, 1.82) is 0 Å². The Bertz CT molecular complexity index is 780. The van der Waals surface area contributed by atoms with E-state index < -0.39 is 5.97 Å². The van der Waals surface area contributed by atoms with Crippen LogP contribution in [0, 0.1) is 0 Å². The maximum Gasteiger partial charge on any atom is 0.342 e. The summed E-state index contributed by atoms with van der Waals surface area (Å²) in [6.07, 6.45) is 1.40. The standard InChI is InChI=1S/C19H17N3O2S/c23-19(24)16-17(20-11-14-7-3-1-4-8-14)21-13-22-18(16)25-12-15-9-5-2-6-10-15/h1-10,13H,11-12H2,(H,23,24)(H,20,21,22). The zero-order chi connectivity index (χ0) is 17.5. The van der Waals surface area contributed by atoms with Gasteiger partial charge in [-0.2, -0.15) is 0 Å². The van der Waals surface area contributed by atoms with Gasteiger partial charge in [0.1, 0.15) is 22.7 Å². The zero-order valence-electron chi connectivity index (χ0n) is 13.4. The number of rotatable bonds is 7. The van der Waals surface area contributed by atoms with E-state index in [1.807, 2.05) is 60.7 Å². The molecule has 0 unspecified atom stereocenters. The lowest BCUT2D eigenvalue weighted by Crippen LogP contribution is -2.11. The molecule has 0 spiro atoms. The van der Waals surface area contributed by atoms with Crippen molar-refractivity contribution in [3.63, 3.8) is 0 Å². The van der Waals surface area contributed by atoms with Gasteiger partial charge in [0.15, 0.2) is 0 Å². The minimum absolute atomic E-state index is 0.111. The molecular formula is C19H17N3O2S. The minimum Gasteiger partial charge on any atom is -0.477 e. The van der Waals surface area contributed by atoms with Crippen LogP contribution in [0.25, 0.3) is 0 Å². The zero-order valence-corrected chi connectivity index (χ0v) is 14.2. The number of hydrogen-bond donors (Lipinski definition) is 2. The molecule has 1 heterocycles. The van der Waals surface area contributed by atoms with Crippen LogP contribution in [0.1, 0.15) is 21.5 Å². The van der Waals surface area contributed by atoms with Crippen LogP contribution in [-0.2, 0) is 12.3 Å². The van der Waals surface area contributed by atoms with E-state index >= 15 is 0 Å². The Hall–Kier alpha value is -2.86. The first kappa shape index (κ1) is 17.0. The van der Waals surface area contributed by atoms with Gasteiger partial charge in [-0.15, -0.1) is 11.8 Å². The van der Waals surface area contributed by atoms with Gasteiger partial charge in [-0.25, -0.2) is 14.8 Å². The first-order chi connectivity index (χ1) is 12.2. The third-order valence-electron chi connectivity index (χ3n) is 3.55. The van der Waals surface area contributed by atoms with E-state index in [1.54, 1.807) is 0 Å². The van der Waals surface area contributed by atoms with E-state index in [9.17, 15) is 9.90 Å². The van der Waals surface area contributed by atoms with Gasteiger partial charge in [0.05, 0.1) is 0 Å². The van der Waals surface area contributed by atoms with Crippen LogP contribution in [0.3, 0.4) is 0 Å². The molecular weight excluding hydrogens is 334 g/mol. The molecule has 126 valence electrons. The highest BCUT2D eigenvalue weighted by Gasteiger charge is 2.18. The topological polar surface area (TPSA) is 75.1 Å². The molecule has 2 N–H and O–H groups in total. The molecule has 25 heavy (non-hydrogen) atoms. The van der Waals surface area contributed by atoms with Crippen molar-refractivity contribution in [2.45, 2.75) is 17.3 Å². The van der Waals surface area contributed by atoms with E-state index in [2.05, 4.69) is 15.3 Å². The highest BCUT2D eigenvalue weighted by molar-refractivity contribution is 7.98. The second-order valence-corrected chi connectivity index (χ2v) is 6.29. The molecule has 1 aromatic heterocycles. The maximum absolute atomic E-state index is 11.7. The number of carboxylic acids is 1. The van der Waals surface area contributed by atoms with E-state index in [1.165, 1.54) is 18.1 Å². The molecule has 0 saturated carbocycles. The fraction of sp³-hybridized carbons (Fsp3) is 0.105. The van der Waals surface area contributed by atoms with Crippen molar-refractivity contribution in [2.75, 3.05) is 5.32 Å². The number of nitrogens with one attached hydrogen (secondary N) is 1. The number of carboxylic acid groups (broad SMARTS) is 1. The van der Waals surface area contributed by atoms with Gasteiger partial charge in [-0.1, -0.05) is 60.7 Å².